The Balaban J connectivity index is 1.57. The summed E-state index contributed by atoms with van der Waals surface area (Å²) in [5.74, 6) is 1.76. The second-order valence-electron chi connectivity index (χ2n) is 6.09. The summed E-state index contributed by atoms with van der Waals surface area (Å²) >= 11 is 3.44. The Labute approximate surface area is 161 Å². The van der Waals surface area contributed by atoms with Crippen molar-refractivity contribution in [2.75, 3.05) is 11.9 Å². The van der Waals surface area contributed by atoms with Crippen molar-refractivity contribution in [3.05, 3.63) is 76.1 Å². The molecule has 1 N–H and O–H groups in total. The molecule has 0 radical (unpaired) electrons. The number of aromatic nitrogens is 1. The quantitative estimate of drug-likeness (QED) is 0.571. The number of allylic oxidation sites excluding steroid dienone is 2. The van der Waals surface area contributed by atoms with Crippen molar-refractivity contribution in [3.8, 4) is 11.3 Å². The number of nitrogens with one attached hydrogen (secondary N) is 1. The first-order chi connectivity index (χ1) is 12.7. The summed E-state index contributed by atoms with van der Waals surface area (Å²) < 4.78 is 12.6. The largest absolute Gasteiger partial charge is 0.498 e. The predicted octanol–water partition coefficient (Wildman–Crippen LogP) is 5.87. The van der Waals surface area contributed by atoms with Crippen molar-refractivity contribution in [3.63, 3.8) is 0 Å². The molecule has 0 amide bonds. The Morgan fingerprint density at radius 3 is 2.85 bits per heavy atom. The molecule has 0 fully saturated rings. The Kier molecular flexibility index (Phi) is 4.80. The van der Waals surface area contributed by atoms with Gasteiger partial charge in [0.15, 0.2) is 5.76 Å². The zero-order chi connectivity index (χ0) is 17.9. The van der Waals surface area contributed by atoms with E-state index in [4.69, 9.17) is 9.15 Å². The molecule has 0 atom stereocenters. The maximum Gasteiger partial charge on any atom is 0.299 e. The van der Waals surface area contributed by atoms with Gasteiger partial charge in [-0.2, -0.15) is 0 Å². The molecule has 2 aromatic carbocycles. The van der Waals surface area contributed by atoms with E-state index in [1.165, 1.54) is 11.1 Å². The van der Waals surface area contributed by atoms with Crippen molar-refractivity contribution in [1.29, 1.82) is 0 Å². The minimum atomic E-state index is 0.490. The molecule has 1 aromatic heterocycles. The molecule has 132 valence electrons. The average molecular weight is 411 g/mol. The van der Waals surface area contributed by atoms with Crippen LogP contribution in [0.15, 0.2) is 69.4 Å². The molecule has 5 heteroatoms. The summed E-state index contributed by atoms with van der Waals surface area (Å²) in [6, 6.07) is 14.7. The number of halogens is 1. The topological polar surface area (TPSA) is 47.3 Å². The van der Waals surface area contributed by atoms with Gasteiger partial charge in [0, 0.05) is 22.1 Å². The van der Waals surface area contributed by atoms with Crippen LogP contribution in [-0.2, 0) is 17.6 Å². The van der Waals surface area contributed by atoms with Crippen LogP contribution < -0.4 is 5.32 Å². The first-order valence-electron chi connectivity index (χ1n) is 8.64. The molecule has 0 bridgehead atoms. The first-order valence-corrected chi connectivity index (χ1v) is 9.43. The van der Waals surface area contributed by atoms with Crippen LogP contribution in [0.2, 0.25) is 0 Å². The van der Waals surface area contributed by atoms with E-state index in [0.717, 1.165) is 40.1 Å². The lowest BCUT2D eigenvalue weighted by molar-refractivity contribution is 0.220. The lowest BCUT2D eigenvalue weighted by Gasteiger charge is -2.20. The third-order valence-electron chi connectivity index (χ3n) is 4.38. The van der Waals surface area contributed by atoms with Gasteiger partial charge in [0.2, 0.25) is 0 Å². The monoisotopic (exact) mass is 410 g/mol. The zero-order valence-corrected chi connectivity index (χ0v) is 16.0. The molecule has 26 heavy (non-hydrogen) atoms. The minimum Gasteiger partial charge on any atom is -0.498 e. The smallest absolute Gasteiger partial charge is 0.299 e. The third kappa shape index (κ3) is 3.53. The van der Waals surface area contributed by atoms with E-state index in [-0.39, 0.29) is 0 Å². The molecule has 0 aliphatic heterocycles. The number of hydrogen-bond donors (Lipinski definition) is 1. The second-order valence-corrected chi connectivity index (χ2v) is 7.00. The minimum absolute atomic E-state index is 0.490. The number of fused-ring (bicyclic) bond motifs is 1. The fourth-order valence-corrected chi connectivity index (χ4v) is 3.38. The van der Waals surface area contributed by atoms with E-state index in [1.54, 1.807) is 6.20 Å². The van der Waals surface area contributed by atoms with E-state index < -0.39 is 0 Å². The molecule has 1 heterocycles. The highest BCUT2D eigenvalue weighted by atomic mass is 79.9. The van der Waals surface area contributed by atoms with Crippen LogP contribution in [0.3, 0.4) is 0 Å². The molecule has 0 saturated carbocycles. The van der Waals surface area contributed by atoms with Gasteiger partial charge in [0.25, 0.3) is 6.01 Å². The van der Waals surface area contributed by atoms with Crippen LogP contribution in [-0.4, -0.2) is 11.6 Å². The van der Waals surface area contributed by atoms with Crippen molar-refractivity contribution in [2.24, 2.45) is 0 Å². The van der Waals surface area contributed by atoms with E-state index in [0.29, 0.717) is 12.6 Å². The fraction of sp³-hybridized carbons (Fsp3) is 0.190. The summed E-state index contributed by atoms with van der Waals surface area (Å²) in [5.41, 5.74) is 4.54. The van der Waals surface area contributed by atoms with Crippen molar-refractivity contribution in [2.45, 2.75) is 19.8 Å². The maximum atomic E-state index is 5.90. The van der Waals surface area contributed by atoms with Gasteiger partial charge in [-0.15, -0.1) is 0 Å². The molecular weight excluding hydrogens is 392 g/mol. The summed E-state index contributed by atoms with van der Waals surface area (Å²) in [6.07, 6.45) is 5.57. The van der Waals surface area contributed by atoms with Crippen LogP contribution in [0, 0.1) is 0 Å². The van der Waals surface area contributed by atoms with Gasteiger partial charge in [-0.3, -0.25) is 0 Å². The molecule has 0 unspecified atom stereocenters. The van der Waals surface area contributed by atoms with Crippen LogP contribution in [0.1, 0.15) is 18.1 Å². The van der Waals surface area contributed by atoms with Crippen molar-refractivity contribution < 1.29 is 9.15 Å². The molecule has 0 spiro atoms. The number of oxazole rings is 1. The number of anilines is 2. The van der Waals surface area contributed by atoms with Gasteiger partial charge in [-0.1, -0.05) is 40.2 Å². The Morgan fingerprint density at radius 2 is 2.04 bits per heavy atom. The number of ether oxygens (including phenoxy) is 1. The molecule has 1 aliphatic rings. The lowest BCUT2D eigenvalue weighted by Crippen LogP contribution is -2.08. The molecule has 4 nitrogen and oxygen atoms in total. The van der Waals surface area contributed by atoms with Crippen LogP contribution in [0.25, 0.3) is 11.3 Å². The number of benzene rings is 2. The summed E-state index contributed by atoms with van der Waals surface area (Å²) in [5, 5.41) is 3.33. The van der Waals surface area contributed by atoms with E-state index in [1.807, 2.05) is 31.2 Å². The van der Waals surface area contributed by atoms with E-state index in [9.17, 15) is 0 Å². The Bertz CT molecular complexity index is 945. The molecule has 0 saturated heterocycles. The Morgan fingerprint density at radius 1 is 1.19 bits per heavy atom. The standard InChI is InChI=1S/C21H19BrN2O2/c1-2-25-17-11-8-14-4-3-5-19(18(14)12-17)24-21-23-13-20(26-21)15-6-9-16(22)10-7-15/h3-7,9-11,13H,2,8,12H2,1H3,(H,23,24). The summed E-state index contributed by atoms with van der Waals surface area (Å²) in [4.78, 5) is 4.38. The van der Waals surface area contributed by atoms with E-state index in [2.05, 4.69) is 50.5 Å². The summed E-state index contributed by atoms with van der Waals surface area (Å²) in [7, 11) is 0. The number of rotatable bonds is 5. The lowest BCUT2D eigenvalue weighted by atomic mass is 9.94. The maximum absolute atomic E-state index is 5.90. The van der Waals surface area contributed by atoms with Gasteiger partial charge < -0.3 is 14.5 Å². The summed E-state index contributed by atoms with van der Waals surface area (Å²) in [6.45, 7) is 2.70. The van der Waals surface area contributed by atoms with Crippen LogP contribution in [0.5, 0.6) is 0 Å². The van der Waals surface area contributed by atoms with Gasteiger partial charge in [0.05, 0.1) is 18.6 Å². The molecule has 3 aromatic rings. The van der Waals surface area contributed by atoms with Crippen LogP contribution in [0.4, 0.5) is 11.7 Å². The van der Waals surface area contributed by atoms with Gasteiger partial charge in [-0.05, 0) is 48.7 Å². The van der Waals surface area contributed by atoms with Crippen LogP contribution >= 0.6 is 15.9 Å². The second kappa shape index (κ2) is 7.38. The third-order valence-corrected chi connectivity index (χ3v) is 4.91. The Hall–Kier alpha value is -2.53. The fourth-order valence-electron chi connectivity index (χ4n) is 3.11. The average Bonchev–Trinajstić information content (AvgIpc) is 3.12. The number of hydrogen-bond acceptors (Lipinski definition) is 4. The highest BCUT2D eigenvalue weighted by Crippen LogP contribution is 2.31. The molecule has 1 aliphatic carbocycles. The highest BCUT2D eigenvalue weighted by Gasteiger charge is 2.17. The highest BCUT2D eigenvalue weighted by molar-refractivity contribution is 9.10. The van der Waals surface area contributed by atoms with Crippen molar-refractivity contribution in [1.82, 2.24) is 4.98 Å². The first kappa shape index (κ1) is 16.9. The van der Waals surface area contributed by atoms with E-state index >= 15 is 0 Å². The predicted molar refractivity (Wildman–Crippen MR) is 106 cm³/mol. The van der Waals surface area contributed by atoms with Gasteiger partial charge >= 0.3 is 0 Å². The zero-order valence-electron chi connectivity index (χ0n) is 14.5. The molecule has 4 rings (SSSR count). The molecular formula is C21H19BrN2O2. The van der Waals surface area contributed by atoms with Crippen molar-refractivity contribution >= 4 is 27.6 Å². The SMILES string of the molecule is CCOC1=CCc2cccc(Nc3ncc(-c4ccc(Br)cc4)o3)c2C1. The van der Waals surface area contributed by atoms with Gasteiger partial charge in [0.1, 0.15) is 0 Å². The normalized spacial score (nSPS) is 13.1. The van der Waals surface area contributed by atoms with Gasteiger partial charge in [-0.25, -0.2) is 4.98 Å². The number of nitrogens with zero attached hydrogens (tertiary/aromatic N) is 1.